The van der Waals surface area contributed by atoms with E-state index in [9.17, 15) is 0 Å². The first-order valence-electron chi connectivity index (χ1n) is 5.50. The van der Waals surface area contributed by atoms with E-state index in [0.29, 0.717) is 6.54 Å². The summed E-state index contributed by atoms with van der Waals surface area (Å²) in [6, 6.07) is 0. The Kier molecular flexibility index (Phi) is 3.05. The van der Waals surface area contributed by atoms with E-state index >= 15 is 0 Å². The molecule has 5 nitrogen and oxygen atoms in total. The molecule has 2 N–H and O–H groups in total. The zero-order chi connectivity index (χ0) is 11.5. The van der Waals surface area contributed by atoms with Crippen LogP contribution in [0.3, 0.4) is 0 Å². The summed E-state index contributed by atoms with van der Waals surface area (Å²) in [5.41, 5.74) is 8.90. The Bertz CT molecular complexity index is 468. The van der Waals surface area contributed by atoms with Gasteiger partial charge < -0.3 is 5.73 Å². The molecule has 0 aromatic carbocycles. The number of imidazole rings is 1. The Morgan fingerprint density at radius 1 is 1.44 bits per heavy atom. The van der Waals surface area contributed by atoms with Crippen molar-refractivity contribution in [1.82, 2.24) is 19.3 Å². The van der Waals surface area contributed by atoms with Crippen molar-refractivity contribution in [3.63, 3.8) is 0 Å². The summed E-state index contributed by atoms with van der Waals surface area (Å²) in [5, 5.41) is 4.42. The summed E-state index contributed by atoms with van der Waals surface area (Å²) in [4.78, 5) is 4.17. The topological polar surface area (TPSA) is 61.7 Å². The molecule has 0 saturated carbocycles. The van der Waals surface area contributed by atoms with Crippen LogP contribution in [0.1, 0.15) is 18.3 Å². The molecule has 0 spiro atoms. The maximum atomic E-state index is 5.58. The van der Waals surface area contributed by atoms with E-state index in [1.54, 1.807) is 0 Å². The van der Waals surface area contributed by atoms with Gasteiger partial charge in [0.1, 0.15) is 0 Å². The maximum Gasteiger partial charge on any atom is 0.0995 e. The van der Waals surface area contributed by atoms with E-state index in [2.05, 4.69) is 21.6 Å². The van der Waals surface area contributed by atoms with Crippen LogP contribution in [0.2, 0.25) is 0 Å². The predicted molar refractivity (Wildman–Crippen MR) is 62.5 cm³/mol. The van der Waals surface area contributed by atoms with E-state index < -0.39 is 0 Å². The number of aryl methyl sites for hydroxylation is 2. The van der Waals surface area contributed by atoms with Gasteiger partial charge in [-0.25, -0.2) is 4.98 Å². The van der Waals surface area contributed by atoms with Gasteiger partial charge in [-0.05, 0) is 13.0 Å². The summed E-state index contributed by atoms with van der Waals surface area (Å²) < 4.78 is 3.90. The molecule has 0 fully saturated rings. The first-order chi connectivity index (χ1) is 7.76. The van der Waals surface area contributed by atoms with Crippen LogP contribution in [0.25, 0.3) is 5.69 Å². The summed E-state index contributed by atoms with van der Waals surface area (Å²) in [6.45, 7) is 2.73. The normalized spacial score (nSPS) is 10.9. The molecule has 16 heavy (non-hydrogen) atoms. The van der Waals surface area contributed by atoms with Crippen LogP contribution >= 0.6 is 0 Å². The lowest BCUT2D eigenvalue weighted by Crippen LogP contribution is -2.07. The lowest BCUT2D eigenvalue weighted by Gasteiger charge is -2.05. The largest absolute Gasteiger partial charge is 0.330 e. The lowest BCUT2D eigenvalue weighted by atomic mass is 10.2. The third-order valence-electron chi connectivity index (χ3n) is 2.59. The average molecular weight is 219 g/mol. The lowest BCUT2D eigenvalue weighted by molar-refractivity contribution is 0.746. The Morgan fingerprint density at radius 3 is 2.94 bits per heavy atom. The summed E-state index contributed by atoms with van der Waals surface area (Å²) >= 11 is 0. The minimum atomic E-state index is 0.632. The van der Waals surface area contributed by atoms with Crippen LogP contribution in [0.5, 0.6) is 0 Å². The van der Waals surface area contributed by atoms with Gasteiger partial charge in [0.15, 0.2) is 0 Å². The number of hydrogen-bond donors (Lipinski definition) is 1. The average Bonchev–Trinajstić information content (AvgIpc) is 2.84. The fraction of sp³-hybridized carbons (Fsp3) is 0.455. The van der Waals surface area contributed by atoms with Gasteiger partial charge in [0.25, 0.3) is 0 Å². The molecular weight excluding hydrogens is 202 g/mol. The first-order valence-corrected chi connectivity index (χ1v) is 5.50. The van der Waals surface area contributed by atoms with Crippen molar-refractivity contribution in [3.05, 3.63) is 30.1 Å². The van der Waals surface area contributed by atoms with Crippen molar-refractivity contribution in [2.45, 2.75) is 19.8 Å². The smallest absolute Gasteiger partial charge is 0.0995 e. The number of hydrogen-bond acceptors (Lipinski definition) is 3. The molecule has 0 amide bonds. The molecule has 2 rings (SSSR count). The predicted octanol–water partition coefficient (Wildman–Crippen LogP) is 0.669. The van der Waals surface area contributed by atoms with Gasteiger partial charge in [-0.1, -0.05) is 6.92 Å². The molecule has 0 bridgehead atoms. The molecule has 2 aromatic rings. The van der Waals surface area contributed by atoms with Gasteiger partial charge >= 0.3 is 0 Å². The van der Waals surface area contributed by atoms with Crippen molar-refractivity contribution in [1.29, 1.82) is 0 Å². The molecule has 0 aliphatic heterocycles. The van der Waals surface area contributed by atoms with Gasteiger partial charge in [0, 0.05) is 31.6 Å². The van der Waals surface area contributed by atoms with Crippen LogP contribution in [-0.4, -0.2) is 25.9 Å². The van der Waals surface area contributed by atoms with E-state index in [1.807, 2.05) is 30.5 Å². The standard InChI is InChI=1S/C11H17N5/c1-3-10-11(7-15(2)14-10)16-8-13-6-9(16)4-5-12/h6-8H,3-5,12H2,1-2H3. The fourth-order valence-corrected chi connectivity index (χ4v) is 1.85. The zero-order valence-corrected chi connectivity index (χ0v) is 9.72. The Morgan fingerprint density at radius 2 is 2.25 bits per heavy atom. The van der Waals surface area contributed by atoms with Gasteiger partial charge in [-0.2, -0.15) is 5.10 Å². The second-order valence-corrected chi connectivity index (χ2v) is 3.78. The molecule has 5 heteroatoms. The van der Waals surface area contributed by atoms with E-state index in [4.69, 9.17) is 5.73 Å². The van der Waals surface area contributed by atoms with E-state index in [1.165, 1.54) is 0 Å². The van der Waals surface area contributed by atoms with Gasteiger partial charge in [-0.15, -0.1) is 0 Å². The molecule has 0 saturated heterocycles. The summed E-state index contributed by atoms with van der Waals surface area (Å²) in [5.74, 6) is 0. The van der Waals surface area contributed by atoms with E-state index in [-0.39, 0.29) is 0 Å². The Labute approximate surface area is 94.9 Å². The van der Waals surface area contributed by atoms with Gasteiger partial charge in [0.2, 0.25) is 0 Å². The summed E-state index contributed by atoms with van der Waals surface area (Å²) in [6.07, 6.45) is 7.44. The molecule has 0 aliphatic carbocycles. The summed E-state index contributed by atoms with van der Waals surface area (Å²) in [7, 11) is 1.93. The third kappa shape index (κ3) is 1.86. The quantitative estimate of drug-likeness (QED) is 0.822. The molecule has 86 valence electrons. The van der Waals surface area contributed by atoms with Crippen molar-refractivity contribution in [2.24, 2.45) is 12.8 Å². The SMILES string of the molecule is CCc1nn(C)cc1-n1cncc1CCN. The minimum absolute atomic E-state index is 0.632. The number of rotatable bonds is 4. The number of nitrogens with two attached hydrogens (primary N) is 1. The minimum Gasteiger partial charge on any atom is -0.330 e. The molecule has 0 atom stereocenters. The highest BCUT2D eigenvalue weighted by Crippen LogP contribution is 2.16. The monoisotopic (exact) mass is 219 g/mol. The fourth-order valence-electron chi connectivity index (χ4n) is 1.85. The van der Waals surface area contributed by atoms with Gasteiger partial charge in [0.05, 0.1) is 17.7 Å². The highest BCUT2D eigenvalue weighted by Gasteiger charge is 2.10. The maximum absolute atomic E-state index is 5.58. The molecular formula is C11H17N5. The highest BCUT2D eigenvalue weighted by atomic mass is 15.3. The second-order valence-electron chi connectivity index (χ2n) is 3.78. The van der Waals surface area contributed by atoms with Crippen molar-refractivity contribution >= 4 is 0 Å². The van der Waals surface area contributed by atoms with Gasteiger partial charge in [-0.3, -0.25) is 9.25 Å². The van der Waals surface area contributed by atoms with E-state index in [0.717, 1.165) is 29.9 Å². The van der Waals surface area contributed by atoms with Crippen molar-refractivity contribution in [2.75, 3.05) is 6.54 Å². The van der Waals surface area contributed by atoms with Crippen LogP contribution < -0.4 is 5.73 Å². The molecule has 0 radical (unpaired) electrons. The highest BCUT2D eigenvalue weighted by molar-refractivity contribution is 5.36. The number of aromatic nitrogens is 4. The van der Waals surface area contributed by atoms with Crippen LogP contribution in [0.4, 0.5) is 0 Å². The third-order valence-corrected chi connectivity index (χ3v) is 2.59. The van der Waals surface area contributed by atoms with Crippen LogP contribution in [0, 0.1) is 0 Å². The Hall–Kier alpha value is -1.62. The first kappa shape index (κ1) is 10.9. The molecule has 2 aromatic heterocycles. The van der Waals surface area contributed by atoms with Crippen molar-refractivity contribution in [3.8, 4) is 5.69 Å². The number of nitrogens with zero attached hydrogens (tertiary/aromatic N) is 4. The zero-order valence-electron chi connectivity index (χ0n) is 9.72. The Balaban J connectivity index is 2.45. The van der Waals surface area contributed by atoms with Crippen LogP contribution in [0.15, 0.2) is 18.7 Å². The molecule has 0 aliphatic rings. The second kappa shape index (κ2) is 4.49. The molecule has 2 heterocycles. The molecule has 0 unspecified atom stereocenters. The van der Waals surface area contributed by atoms with Crippen LogP contribution in [-0.2, 0) is 19.9 Å². The van der Waals surface area contributed by atoms with Crippen molar-refractivity contribution < 1.29 is 0 Å².